The van der Waals surface area contributed by atoms with E-state index in [2.05, 4.69) is 65.1 Å². The highest BCUT2D eigenvalue weighted by Crippen LogP contribution is 2.42. The molecule has 0 fully saturated rings. The number of benzene rings is 2. The first kappa shape index (κ1) is 26.1. The summed E-state index contributed by atoms with van der Waals surface area (Å²) >= 11 is 0. The lowest BCUT2D eigenvalue weighted by Gasteiger charge is -2.42. The van der Waals surface area contributed by atoms with Crippen molar-refractivity contribution in [2.75, 3.05) is 19.0 Å². The summed E-state index contributed by atoms with van der Waals surface area (Å²) in [6.45, 7) is 15.5. The van der Waals surface area contributed by atoms with Crippen LogP contribution in [0, 0.1) is 0 Å². The Labute approximate surface area is 204 Å². The van der Waals surface area contributed by atoms with Crippen LogP contribution >= 0.6 is 0 Å². The van der Waals surface area contributed by atoms with E-state index in [0.717, 1.165) is 16.6 Å². The fourth-order valence-corrected chi connectivity index (χ4v) is 10.7. The molecule has 3 aromatic rings. The van der Waals surface area contributed by atoms with Crippen LogP contribution in [0.2, 0.25) is 16.6 Å². The molecule has 7 heteroatoms. The summed E-state index contributed by atoms with van der Waals surface area (Å²) in [6.07, 6.45) is 0. The number of imidazole rings is 1. The molecule has 0 aliphatic heterocycles. The van der Waals surface area contributed by atoms with Crippen molar-refractivity contribution in [3.05, 3.63) is 59.7 Å². The minimum Gasteiger partial charge on any atom is -0.412 e. The number of hydrogen-bond donors (Lipinski definition) is 1. The van der Waals surface area contributed by atoms with Gasteiger partial charge in [-0.3, -0.25) is 10.1 Å². The van der Waals surface area contributed by atoms with Crippen molar-refractivity contribution in [3.8, 4) is 0 Å². The predicted molar refractivity (Wildman–Crippen MR) is 142 cm³/mol. The standard InChI is InChI=1S/C27H39N3O3Si/c1-19(2)34(20(3)4,21(5)6)33-18-22-13-14-25-24(17-22)28-27(30(25)15-16-32-7)29-26(31)23-11-9-8-10-12-23/h8-14,17,19-21H,15-16,18H2,1-7H3,(H,28,29,31). The number of anilines is 1. The van der Waals surface area contributed by atoms with Gasteiger partial charge in [-0.25, -0.2) is 4.98 Å². The maximum absolute atomic E-state index is 12.8. The van der Waals surface area contributed by atoms with Gasteiger partial charge in [0.2, 0.25) is 14.3 Å². The van der Waals surface area contributed by atoms with Crippen LogP contribution < -0.4 is 5.32 Å². The Morgan fingerprint density at radius 1 is 1.00 bits per heavy atom. The second-order valence-electron chi connectivity index (χ2n) is 9.83. The van der Waals surface area contributed by atoms with Crippen LogP contribution in [0.1, 0.15) is 57.5 Å². The number of rotatable bonds is 11. The molecule has 0 atom stereocenters. The van der Waals surface area contributed by atoms with Crippen molar-refractivity contribution in [1.29, 1.82) is 0 Å². The van der Waals surface area contributed by atoms with Crippen molar-refractivity contribution in [1.82, 2.24) is 9.55 Å². The first-order chi connectivity index (χ1) is 16.2. The van der Waals surface area contributed by atoms with Gasteiger partial charge >= 0.3 is 0 Å². The molecule has 1 aromatic heterocycles. The van der Waals surface area contributed by atoms with Gasteiger partial charge in [-0.1, -0.05) is 65.8 Å². The van der Waals surface area contributed by atoms with Gasteiger partial charge < -0.3 is 13.7 Å². The molecule has 34 heavy (non-hydrogen) atoms. The van der Waals surface area contributed by atoms with Crippen LogP contribution in [0.4, 0.5) is 5.95 Å². The largest absolute Gasteiger partial charge is 0.412 e. The van der Waals surface area contributed by atoms with Crippen molar-refractivity contribution < 1.29 is 14.0 Å². The molecule has 1 N–H and O–H groups in total. The topological polar surface area (TPSA) is 65.4 Å². The summed E-state index contributed by atoms with van der Waals surface area (Å²) in [6, 6.07) is 15.4. The molecule has 0 bridgehead atoms. The summed E-state index contributed by atoms with van der Waals surface area (Å²) < 4.78 is 14.1. The van der Waals surface area contributed by atoms with E-state index in [0.29, 0.717) is 47.9 Å². The van der Waals surface area contributed by atoms with Gasteiger partial charge in [0.1, 0.15) is 0 Å². The van der Waals surface area contributed by atoms with Gasteiger partial charge in [0.05, 0.1) is 24.2 Å². The van der Waals surface area contributed by atoms with Crippen LogP contribution in [0.3, 0.4) is 0 Å². The SMILES string of the molecule is COCCn1c(NC(=O)c2ccccc2)nc2cc(CO[Si](C(C)C)(C(C)C)C(C)C)ccc21. The number of nitrogens with zero attached hydrogens (tertiary/aromatic N) is 2. The molecule has 6 nitrogen and oxygen atoms in total. The van der Waals surface area contributed by atoms with Crippen LogP contribution in [-0.4, -0.2) is 37.5 Å². The summed E-state index contributed by atoms with van der Waals surface area (Å²) in [7, 11) is -0.288. The Morgan fingerprint density at radius 2 is 1.65 bits per heavy atom. The molecule has 0 saturated carbocycles. The van der Waals surface area contributed by atoms with Gasteiger partial charge in [-0.2, -0.15) is 0 Å². The van der Waals surface area contributed by atoms with E-state index in [4.69, 9.17) is 14.1 Å². The number of hydrogen-bond acceptors (Lipinski definition) is 4. The smallest absolute Gasteiger partial charge is 0.257 e. The number of fused-ring (bicyclic) bond motifs is 1. The molecule has 2 aromatic carbocycles. The predicted octanol–water partition coefficient (Wildman–Crippen LogP) is 6.63. The quantitative estimate of drug-likeness (QED) is 0.312. The Hall–Kier alpha value is -2.48. The maximum Gasteiger partial charge on any atom is 0.257 e. The van der Waals surface area contributed by atoms with E-state index in [-0.39, 0.29) is 5.91 Å². The average Bonchev–Trinajstić information content (AvgIpc) is 3.13. The Kier molecular flexibility index (Phi) is 8.68. The summed E-state index contributed by atoms with van der Waals surface area (Å²) in [5.41, 5.74) is 5.09. The molecule has 0 unspecified atom stereocenters. The number of carbonyl (C=O) groups excluding carboxylic acids is 1. The summed E-state index contributed by atoms with van der Waals surface area (Å²) in [5, 5.41) is 2.98. The normalized spacial score (nSPS) is 12.3. The third-order valence-corrected chi connectivity index (χ3v) is 12.8. The van der Waals surface area contributed by atoms with Crippen LogP contribution in [0.25, 0.3) is 11.0 Å². The second-order valence-corrected chi connectivity index (χ2v) is 15.3. The summed E-state index contributed by atoms with van der Waals surface area (Å²) in [4.78, 5) is 17.5. The first-order valence-electron chi connectivity index (χ1n) is 12.2. The number of methoxy groups -OCH3 is 1. The van der Waals surface area contributed by atoms with E-state index in [1.807, 2.05) is 22.8 Å². The zero-order valence-corrected chi connectivity index (χ0v) is 22.6. The van der Waals surface area contributed by atoms with Gasteiger partial charge in [-0.05, 0) is 46.5 Å². The number of carbonyl (C=O) groups is 1. The fraction of sp³-hybridized carbons (Fsp3) is 0.481. The second kappa shape index (κ2) is 11.3. The lowest BCUT2D eigenvalue weighted by atomic mass is 10.2. The van der Waals surface area contributed by atoms with E-state index in [1.165, 1.54) is 0 Å². The third kappa shape index (κ3) is 5.43. The molecular formula is C27H39N3O3Si. The Bertz CT molecular complexity index is 1070. The third-order valence-electron chi connectivity index (χ3n) is 6.79. The van der Waals surface area contributed by atoms with E-state index < -0.39 is 8.32 Å². The van der Waals surface area contributed by atoms with Gasteiger partial charge in [0, 0.05) is 19.2 Å². The lowest BCUT2D eigenvalue weighted by Crippen LogP contribution is -2.47. The van der Waals surface area contributed by atoms with Gasteiger partial charge in [0.25, 0.3) is 5.91 Å². The molecule has 0 aliphatic carbocycles. The van der Waals surface area contributed by atoms with E-state index >= 15 is 0 Å². The molecule has 0 aliphatic rings. The van der Waals surface area contributed by atoms with E-state index in [1.54, 1.807) is 19.2 Å². The van der Waals surface area contributed by atoms with E-state index in [9.17, 15) is 4.79 Å². The van der Waals surface area contributed by atoms with Crippen LogP contribution in [-0.2, 0) is 22.3 Å². The molecule has 0 saturated heterocycles. The molecule has 184 valence electrons. The molecular weight excluding hydrogens is 442 g/mol. The van der Waals surface area contributed by atoms with Crippen molar-refractivity contribution in [3.63, 3.8) is 0 Å². The number of aromatic nitrogens is 2. The summed E-state index contributed by atoms with van der Waals surface area (Å²) in [5.74, 6) is 0.342. The van der Waals surface area contributed by atoms with Crippen molar-refractivity contribution >= 4 is 31.2 Å². The lowest BCUT2D eigenvalue weighted by molar-refractivity contribution is 0.102. The zero-order chi connectivity index (χ0) is 24.9. The molecule has 0 radical (unpaired) electrons. The number of nitrogens with one attached hydrogen (secondary N) is 1. The Morgan fingerprint density at radius 3 is 2.24 bits per heavy atom. The molecule has 1 amide bonds. The maximum atomic E-state index is 12.8. The van der Waals surface area contributed by atoms with Crippen LogP contribution in [0.15, 0.2) is 48.5 Å². The Balaban J connectivity index is 1.90. The highest BCUT2D eigenvalue weighted by atomic mass is 28.4. The monoisotopic (exact) mass is 481 g/mol. The minimum absolute atomic E-state index is 0.181. The van der Waals surface area contributed by atoms with Crippen molar-refractivity contribution in [2.45, 2.75) is 71.3 Å². The first-order valence-corrected chi connectivity index (χ1v) is 14.3. The highest BCUT2D eigenvalue weighted by Gasteiger charge is 2.44. The van der Waals surface area contributed by atoms with Gasteiger partial charge in [0.15, 0.2) is 0 Å². The van der Waals surface area contributed by atoms with Crippen LogP contribution in [0.5, 0.6) is 0 Å². The molecule has 0 spiro atoms. The molecule has 3 rings (SSSR count). The fourth-order valence-electron chi connectivity index (χ4n) is 5.24. The average molecular weight is 482 g/mol. The number of amides is 1. The highest BCUT2D eigenvalue weighted by molar-refractivity contribution is 6.77. The van der Waals surface area contributed by atoms with Gasteiger partial charge in [-0.15, -0.1) is 0 Å². The van der Waals surface area contributed by atoms with Crippen molar-refractivity contribution in [2.24, 2.45) is 0 Å². The molecule has 1 heterocycles. The zero-order valence-electron chi connectivity index (χ0n) is 21.6. The minimum atomic E-state index is -1.96. The number of ether oxygens (including phenoxy) is 1.